The first-order valence-corrected chi connectivity index (χ1v) is 8.17. The van der Waals surface area contributed by atoms with Crippen LogP contribution in [0, 0.1) is 0 Å². The van der Waals surface area contributed by atoms with Crippen molar-refractivity contribution in [1.82, 2.24) is 20.1 Å². The van der Waals surface area contributed by atoms with E-state index < -0.39 is 5.56 Å². The highest BCUT2D eigenvalue weighted by atomic mass is 35.5. The molecule has 0 aromatic carbocycles. The minimum absolute atomic E-state index is 0.00546. The highest BCUT2D eigenvalue weighted by Gasteiger charge is 2.29. The summed E-state index contributed by atoms with van der Waals surface area (Å²) in [6.45, 7) is 0.996. The van der Waals surface area contributed by atoms with Gasteiger partial charge in [0.05, 0.1) is 12.1 Å². The summed E-state index contributed by atoms with van der Waals surface area (Å²) in [4.78, 5) is 29.7. The fourth-order valence-electron chi connectivity index (χ4n) is 2.56. The third-order valence-electron chi connectivity index (χ3n) is 3.91. The molecule has 9 heteroatoms. The van der Waals surface area contributed by atoms with Gasteiger partial charge in [-0.25, -0.2) is 0 Å². The van der Waals surface area contributed by atoms with Crippen LogP contribution < -0.4 is 15.2 Å². The second-order valence-corrected chi connectivity index (χ2v) is 6.38. The normalized spacial score (nSPS) is 16.8. The molecule has 0 bridgehead atoms. The summed E-state index contributed by atoms with van der Waals surface area (Å²) in [5, 5.41) is 8.09. The topological polar surface area (TPSA) is 91.4 Å². The van der Waals surface area contributed by atoms with Crippen LogP contribution in [-0.4, -0.2) is 59.3 Å². The molecular formula is C16H18ClN5O3. The highest BCUT2D eigenvalue weighted by molar-refractivity contribution is 6.30. The zero-order valence-electron chi connectivity index (χ0n) is 13.9. The Labute approximate surface area is 149 Å². The number of amides is 1. The van der Waals surface area contributed by atoms with Crippen molar-refractivity contribution in [2.75, 3.05) is 32.1 Å². The average molecular weight is 364 g/mol. The molecule has 8 nitrogen and oxygen atoms in total. The van der Waals surface area contributed by atoms with Crippen molar-refractivity contribution in [1.29, 1.82) is 0 Å². The van der Waals surface area contributed by atoms with Crippen LogP contribution in [0.15, 0.2) is 29.2 Å². The number of likely N-dealkylation sites (tertiary alicyclic amines) is 1. The Balaban J connectivity index is 1.62. The van der Waals surface area contributed by atoms with Crippen molar-refractivity contribution in [3.05, 3.63) is 45.3 Å². The molecule has 0 radical (unpaired) electrons. The number of anilines is 1. The van der Waals surface area contributed by atoms with Gasteiger partial charge in [0.1, 0.15) is 11.1 Å². The van der Waals surface area contributed by atoms with E-state index in [2.05, 4.69) is 15.2 Å². The first kappa shape index (κ1) is 17.2. The van der Waals surface area contributed by atoms with Gasteiger partial charge < -0.3 is 19.5 Å². The van der Waals surface area contributed by atoms with Gasteiger partial charge in [-0.15, -0.1) is 10.2 Å². The van der Waals surface area contributed by atoms with E-state index in [1.165, 1.54) is 12.3 Å². The highest BCUT2D eigenvalue weighted by Crippen LogP contribution is 2.19. The number of nitrogens with zero attached hydrogens (tertiary/aromatic N) is 4. The maximum absolute atomic E-state index is 12.5. The number of ether oxygens (including phenoxy) is 1. The minimum Gasteiger partial charge on any atom is -0.471 e. The Kier molecular flexibility index (Phi) is 4.89. The predicted octanol–water partition coefficient (Wildman–Crippen LogP) is 1.18. The molecule has 1 unspecified atom stereocenters. The standard InChI is InChI=1S/C16H18ClN5O3/c1-21(2)13-3-4-14(20-19-13)25-11-5-6-22(9-11)16(24)10-7-12(17)15(23)18-8-10/h3-4,7-8,11H,5-6,9H2,1-2H3,(H,18,23). The summed E-state index contributed by atoms with van der Waals surface area (Å²) in [5.41, 5.74) is -0.0685. The Bertz CT molecular complexity index is 821. The van der Waals surface area contributed by atoms with Crippen LogP contribution in [0.4, 0.5) is 5.82 Å². The van der Waals surface area contributed by atoms with Crippen molar-refractivity contribution in [3.63, 3.8) is 0 Å². The molecule has 0 spiro atoms. The third kappa shape index (κ3) is 3.90. The van der Waals surface area contributed by atoms with Crippen molar-refractivity contribution in [3.8, 4) is 5.88 Å². The van der Waals surface area contributed by atoms with E-state index in [0.717, 1.165) is 5.82 Å². The fraction of sp³-hybridized carbons (Fsp3) is 0.375. The summed E-state index contributed by atoms with van der Waals surface area (Å²) in [6, 6.07) is 4.96. The van der Waals surface area contributed by atoms with E-state index in [1.807, 2.05) is 25.1 Å². The van der Waals surface area contributed by atoms with Crippen LogP contribution in [0.1, 0.15) is 16.8 Å². The average Bonchev–Trinajstić information content (AvgIpc) is 3.05. The van der Waals surface area contributed by atoms with E-state index in [1.54, 1.807) is 11.0 Å². The van der Waals surface area contributed by atoms with Crippen LogP contribution in [0.3, 0.4) is 0 Å². The van der Waals surface area contributed by atoms with Gasteiger partial charge in [0, 0.05) is 39.3 Å². The summed E-state index contributed by atoms with van der Waals surface area (Å²) in [7, 11) is 3.77. The Morgan fingerprint density at radius 1 is 1.40 bits per heavy atom. The van der Waals surface area contributed by atoms with Gasteiger partial charge in [0.15, 0.2) is 5.82 Å². The predicted molar refractivity (Wildman–Crippen MR) is 93.4 cm³/mol. The lowest BCUT2D eigenvalue weighted by Gasteiger charge is -2.17. The van der Waals surface area contributed by atoms with Gasteiger partial charge in [0.25, 0.3) is 11.5 Å². The summed E-state index contributed by atoms with van der Waals surface area (Å²) >= 11 is 5.78. The number of hydrogen-bond donors (Lipinski definition) is 1. The zero-order valence-corrected chi connectivity index (χ0v) is 14.7. The zero-order chi connectivity index (χ0) is 18.0. The van der Waals surface area contributed by atoms with Gasteiger partial charge in [-0.05, 0) is 12.1 Å². The van der Waals surface area contributed by atoms with Gasteiger partial charge >= 0.3 is 0 Å². The van der Waals surface area contributed by atoms with E-state index >= 15 is 0 Å². The molecule has 132 valence electrons. The lowest BCUT2D eigenvalue weighted by atomic mass is 10.2. The minimum atomic E-state index is -0.416. The molecular weight excluding hydrogens is 346 g/mol. The third-order valence-corrected chi connectivity index (χ3v) is 4.19. The Morgan fingerprint density at radius 2 is 2.20 bits per heavy atom. The molecule has 3 rings (SSSR count). The monoisotopic (exact) mass is 363 g/mol. The molecule has 1 aliphatic heterocycles. The molecule has 2 aromatic rings. The van der Waals surface area contributed by atoms with E-state index in [0.29, 0.717) is 31.0 Å². The van der Waals surface area contributed by atoms with Crippen LogP contribution in [0.25, 0.3) is 0 Å². The molecule has 0 aliphatic carbocycles. The molecule has 25 heavy (non-hydrogen) atoms. The van der Waals surface area contributed by atoms with E-state index in [-0.39, 0.29) is 17.0 Å². The molecule has 0 saturated carbocycles. The number of hydrogen-bond acceptors (Lipinski definition) is 6. The van der Waals surface area contributed by atoms with Gasteiger partial charge in [-0.1, -0.05) is 11.6 Å². The molecule has 1 amide bonds. The quantitative estimate of drug-likeness (QED) is 0.877. The molecule has 1 aliphatic rings. The lowest BCUT2D eigenvalue weighted by Crippen LogP contribution is -2.31. The molecule has 1 N–H and O–H groups in total. The molecule has 1 atom stereocenters. The van der Waals surface area contributed by atoms with Crippen LogP contribution >= 0.6 is 11.6 Å². The number of aromatic amines is 1. The molecule has 1 fully saturated rings. The number of pyridine rings is 1. The van der Waals surface area contributed by atoms with E-state index in [9.17, 15) is 9.59 Å². The van der Waals surface area contributed by atoms with Crippen molar-refractivity contribution in [2.24, 2.45) is 0 Å². The smallest absolute Gasteiger partial charge is 0.266 e. The number of H-pyrrole nitrogens is 1. The van der Waals surface area contributed by atoms with Crippen LogP contribution in [0.5, 0.6) is 5.88 Å². The summed E-state index contributed by atoms with van der Waals surface area (Å²) in [6.07, 6.45) is 1.91. The molecule has 1 saturated heterocycles. The summed E-state index contributed by atoms with van der Waals surface area (Å²) in [5.74, 6) is 0.973. The van der Waals surface area contributed by atoms with Crippen LogP contribution in [0.2, 0.25) is 5.02 Å². The number of nitrogens with one attached hydrogen (secondary N) is 1. The van der Waals surface area contributed by atoms with Crippen molar-refractivity contribution < 1.29 is 9.53 Å². The SMILES string of the molecule is CN(C)c1ccc(OC2CCN(C(=O)c3c[nH]c(=O)c(Cl)c3)C2)nn1. The number of rotatable bonds is 4. The van der Waals surface area contributed by atoms with E-state index in [4.69, 9.17) is 16.3 Å². The second-order valence-electron chi connectivity index (χ2n) is 5.97. The van der Waals surface area contributed by atoms with Gasteiger partial charge in [-0.2, -0.15) is 0 Å². The number of carbonyl (C=O) groups is 1. The Hall–Kier alpha value is -2.61. The molecule has 3 heterocycles. The molecule has 2 aromatic heterocycles. The van der Waals surface area contributed by atoms with Gasteiger partial charge in [-0.3, -0.25) is 9.59 Å². The number of carbonyl (C=O) groups excluding carboxylic acids is 1. The maximum atomic E-state index is 12.5. The number of halogens is 1. The van der Waals surface area contributed by atoms with Gasteiger partial charge in [0.2, 0.25) is 5.88 Å². The fourth-order valence-corrected chi connectivity index (χ4v) is 2.73. The Morgan fingerprint density at radius 3 is 2.84 bits per heavy atom. The lowest BCUT2D eigenvalue weighted by molar-refractivity contribution is 0.0770. The van der Waals surface area contributed by atoms with Crippen molar-refractivity contribution in [2.45, 2.75) is 12.5 Å². The largest absolute Gasteiger partial charge is 0.471 e. The van der Waals surface area contributed by atoms with Crippen LogP contribution in [-0.2, 0) is 0 Å². The first-order valence-electron chi connectivity index (χ1n) is 7.79. The van der Waals surface area contributed by atoms with Crippen molar-refractivity contribution >= 4 is 23.3 Å². The summed E-state index contributed by atoms with van der Waals surface area (Å²) < 4.78 is 5.80. The first-order chi connectivity index (χ1) is 11.9. The number of aromatic nitrogens is 3. The maximum Gasteiger partial charge on any atom is 0.266 e. The second kappa shape index (κ2) is 7.10.